The highest BCUT2D eigenvalue weighted by Gasteiger charge is 2.08. The van der Waals surface area contributed by atoms with E-state index in [1.165, 1.54) is 0 Å². The highest BCUT2D eigenvalue weighted by Crippen LogP contribution is 2.31. The van der Waals surface area contributed by atoms with Crippen molar-refractivity contribution in [1.82, 2.24) is 9.97 Å². The zero-order chi connectivity index (χ0) is 11.1. The van der Waals surface area contributed by atoms with E-state index < -0.39 is 0 Å². The summed E-state index contributed by atoms with van der Waals surface area (Å²) < 4.78 is 1.04. The monoisotopic (exact) mass is 231 g/mol. The van der Waals surface area contributed by atoms with Gasteiger partial charge in [0.2, 0.25) is 0 Å². The Bertz CT molecular complexity index is 607. The Kier molecular flexibility index (Phi) is 1.87. The van der Waals surface area contributed by atoms with Crippen molar-refractivity contribution < 1.29 is 5.11 Å². The van der Waals surface area contributed by atoms with Crippen molar-refractivity contribution in [2.45, 2.75) is 0 Å². The molecule has 0 saturated heterocycles. The number of hydrogen-bond acceptors (Lipinski definition) is 4. The number of nitrogens with zero attached hydrogens (tertiary/aromatic N) is 1. The summed E-state index contributed by atoms with van der Waals surface area (Å²) >= 11 is 1.57. The van der Waals surface area contributed by atoms with Gasteiger partial charge in [-0.3, -0.25) is 0 Å². The lowest BCUT2D eigenvalue weighted by Gasteiger charge is -1.95. The molecule has 5 heteroatoms. The van der Waals surface area contributed by atoms with Crippen molar-refractivity contribution in [3.63, 3.8) is 0 Å². The average molecular weight is 231 g/mol. The number of nitrogen functional groups attached to an aromatic ring is 1. The van der Waals surface area contributed by atoms with Crippen LogP contribution in [0.1, 0.15) is 0 Å². The Morgan fingerprint density at radius 1 is 1.25 bits per heavy atom. The fourth-order valence-corrected chi connectivity index (χ4v) is 2.54. The lowest BCUT2D eigenvalue weighted by atomic mass is 10.2. The molecule has 2 aromatic heterocycles. The maximum Gasteiger partial charge on any atom is 0.150 e. The number of aromatic nitrogens is 2. The van der Waals surface area contributed by atoms with Gasteiger partial charge < -0.3 is 15.8 Å². The van der Waals surface area contributed by atoms with Crippen molar-refractivity contribution in [2.75, 3.05) is 5.73 Å². The van der Waals surface area contributed by atoms with Gasteiger partial charge in [-0.1, -0.05) is 0 Å². The van der Waals surface area contributed by atoms with E-state index >= 15 is 0 Å². The van der Waals surface area contributed by atoms with Crippen molar-refractivity contribution in [1.29, 1.82) is 0 Å². The van der Waals surface area contributed by atoms with Crippen LogP contribution in [0.5, 0.6) is 5.75 Å². The van der Waals surface area contributed by atoms with Gasteiger partial charge in [0, 0.05) is 5.56 Å². The molecule has 16 heavy (non-hydrogen) atoms. The lowest BCUT2D eigenvalue weighted by Crippen LogP contribution is -1.82. The second-order valence-electron chi connectivity index (χ2n) is 3.50. The molecule has 80 valence electrons. The molecule has 0 spiro atoms. The Labute approximate surface area is 95.4 Å². The van der Waals surface area contributed by atoms with Crippen LogP contribution in [0.2, 0.25) is 0 Å². The van der Waals surface area contributed by atoms with Crippen molar-refractivity contribution >= 4 is 27.5 Å². The predicted molar refractivity (Wildman–Crippen MR) is 65.5 cm³/mol. The molecular weight excluding hydrogens is 222 g/mol. The number of phenolic OH excluding ortho intramolecular Hbond substituents is 1. The first kappa shape index (κ1) is 9.23. The third-order valence-electron chi connectivity index (χ3n) is 2.32. The third kappa shape index (κ3) is 1.42. The Morgan fingerprint density at radius 3 is 2.69 bits per heavy atom. The summed E-state index contributed by atoms with van der Waals surface area (Å²) in [6, 6.07) is 8.86. The fourth-order valence-electron chi connectivity index (χ4n) is 1.56. The molecule has 1 aromatic carbocycles. The number of phenols is 1. The summed E-state index contributed by atoms with van der Waals surface area (Å²) in [6.07, 6.45) is 0. The number of hydrogen-bond donors (Lipinski definition) is 3. The number of thiazole rings is 1. The number of nitrogens with two attached hydrogens (primary N) is 1. The van der Waals surface area contributed by atoms with E-state index in [1.54, 1.807) is 23.5 Å². The van der Waals surface area contributed by atoms with Crippen LogP contribution in [0.15, 0.2) is 30.3 Å². The van der Waals surface area contributed by atoms with Gasteiger partial charge in [-0.05, 0) is 30.3 Å². The molecule has 2 heterocycles. The van der Waals surface area contributed by atoms with Crippen LogP contribution in [0.3, 0.4) is 0 Å². The van der Waals surface area contributed by atoms with Gasteiger partial charge in [0.25, 0.3) is 0 Å². The summed E-state index contributed by atoms with van der Waals surface area (Å²) in [4.78, 5) is 7.42. The van der Waals surface area contributed by atoms with E-state index in [-0.39, 0.29) is 5.75 Å². The largest absolute Gasteiger partial charge is 0.508 e. The number of aromatic hydroxyl groups is 1. The third-order valence-corrected chi connectivity index (χ3v) is 3.37. The Morgan fingerprint density at radius 2 is 2.00 bits per heavy atom. The molecule has 4 N–H and O–H groups in total. The van der Waals surface area contributed by atoms with E-state index in [4.69, 9.17) is 5.73 Å². The minimum absolute atomic E-state index is 0.259. The van der Waals surface area contributed by atoms with Crippen LogP contribution < -0.4 is 5.73 Å². The first-order valence-electron chi connectivity index (χ1n) is 4.77. The molecular formula is C11H9N3OS. The van der Waals surface area contributed by atoms with E-state index in [0.29, 0.717) is 5.82 Å². The number of benzene rings is 1. The van der Waals surface area contributed by atoms with Crippen LogP contribution in [-0.4, -0.2) is 15.1 Å². The van der Waals surface area contributed by atoms with Gasteiger partial charge in [-0.15, -0.1) is 11.3 Å². The topological polar surface area (TPSA) is 74.9 Å². The number of aromatic amines is 1. The van der Waals surface area contributed by atoms with E-state index in [2.05, 4.69) is 9.97 Å². The molecule has 0 aliphatic carbocycles. The Hall–Kier alpha value is -2.01. The maximum atomic E-state index is 9.20. The summed E-state index contributed by atoms with van der Waals surface area (Å²) in [7, 11) is 0. The highest BCUT2D eigenvalue weighted by molar-refractivity contribution is 7.21. The standard InChI is InChI=1S/C11H9N3OS/c12-9-5-8-10(13-9)14-11(16-8)6-1-3-7(15)4-2-6/h1-5,13,15H,12H2. The van der Waals surface area contributed by atoms with Gasteiger partial charge in [0.05, 0.1) is 4.70 Å². The first-order valence-corrected chi connectivity index (χ1v) is 5.58. The summed E-state index contributed by atoms with van der Waals surface area (Å²) in [6.45, 7) is 0. The molecule has 0 amide bonds. The lowest BCUT2D eigenvalue weighted by molar-refractivity contribution is 0.475. The highest BCUT2D eigenvalue weighted by atomic mass is 32.1. The summed E-state index contributed by atoms with van der Waals surface area (Å²) in [5, 5.41) is 10.1. The molecule has 3 rings (SSSR count). The first-order chi connectivity index (χ1) is 7.72. The number of nitrogens with one attached hydrogen (secondary N) is 1. The van der Waals surface area contributed by atoms with Gasteiger partial charge in [0.15, 0.2) is 5.65 Å². The molecule has 0 aliphatic rings. The zero-order valence-electron chi connectivity index (χ0n) is 8.27. The normalized spacial score (nSPS) is 11.0. The molecule has 0 unspecified atom stereocenters. The fraction of sp³-hybridized carbons (Fsp3) is 0. The zero-order valence-corrected chi connectivity index (χ0v) is 9.08. The molecule has 0 saturated carbocycles. The quantitative estimate of drug-likeness (QED) is 0.602. The van der Waals surface area contributed by atoms with E-state index in [9.17, 15) is 5.11 Å². The molecule has 0 bridgehead atoms. The molecule has 0 atom stereocenters. The van der Waals surface area contributed by atoms with Crippen molar-refractivity contribution in [2.24, 2.45) is 0 Å². The van der Waals surface area contributed by atoms with Gasteiger partial charge in [-0.25, -0.2) is 4.98 Å². The average Bonchev–Trinajstić information content (AvgIpc) is 2.75. The number of anilines is 1. The van der Waals surface area contributed by atoms with Gasteiger partial charge in [0.1, 0.15) is 16.6 Å². The molecule has 0 fully saturated rings. The van der Waals surface area contributed by atoms with Crippen LogP contribution in [0.4, 0.5) is 5.82 Å². The van der Waals surface area contributed by atoms with Crippen LogP contribution in [-0.2, 0) is 0 Å². The molecule has 0 aliphatic heterocycles. The predicted octanol–water partition coefficient (Wildman–Crippen LogP) is 2.58. The molecule has 3 aromatic rings. The second-order valence-corrected chi connectivity index (χ2v) is 4.53. The smallest absolute Gasteiger partial charge is 0.150 e. The van der Waals surface area contributed by atoms with Crippen LogP contribution >= 0.6 is 11.3 Å². The van der Waals surface area contributed by atoms with Crippen molar-refractivity contribution in [3.05, 3.63) is 30.3 Å². The summed E-state index contributed by atoms with van der Waals surface area (Å²) in [5.41, 5.74) is 7.42. The van der Waals surface area contributed by atoms with Gasteiger partial charge in [-0.2, -0.15) is 0 Å². The summed E-state index contributed by atoms with van der Waals surface area (Å²) in [5.74, 6) is 0.890. The van der Waals surface area contributed by atoms with E-state index in [1.807, 2.05) is 18.2 Å². The van der Waals surface area contributed by atoms with E-state index in [0.717, 1.165) is 20.9 Å². The molecule has 0 radical (unpaired) electrons. The van der Waals surface area contributed by atoms with Crippen LogP contribution in [0, 0.1) is 0 Å². The minimum atomic E-state index is 0.259. The minimum Gasteiger partial charge on any atom is -0.508 e. The number of rotatable bonds is 1. The van der Waals surface area contributed by atoms with Gasteiger partial charge >= 0.3 is 0 Å². The van der Waals surface area contributed by atoms with Crippen molar-refractivity contribution in [3.8, 4) is 16.3 Å². The second kappa shape index (κ2) is 3.24. The maximum absolute atomic E-state index is 9.20. The van der Waals surface area contributed by atoms with Crippen LogP contribution in [0.25, 0.3) is 20.9 Å². The number of fused-ring (bicyclic) bond motifs is 1. The molecule has 4 nitrogen and oxygen atoms in total. The Balaban J connectivity index is 2.11. The number of H-pyrrole nitrogens is 1. The SMILES string of the molecule is Nc1cc2sc(-c3ccc(O)cc3)nc2[nH]1.